The molecule has 6 rings (SSSR count). The van der Waals surface area contributed by atoms with E-state index in [-0.39, 0.29) is 12.2 Å². The van der Waals surface area contributed by atoms with E-state index < -0.39 is 11.2 Å². The number of carbonyl (C=O) groups excluding carboxylic acids is 2. The molecule has 4 bridgehead atoms. The Labute approximate surface area is 180 Å². The van der Waals surface area contributed by atoms with Crippen molar-refractivity contribution in [3.8, 4) is 0 Å². The molecule has 8 heteroatoms. The molecule has 0 aromatic heterocycles. The quantitative estimate of drug-likeness (QED) is 0.542. The number of hydrogen-bond donors (Lipinski definition) is 4. The number of amides is 2. The Morgan fingerprint density at radius 2 is 0.967 bits per heavy atom. The number of fused-ring (bicyclic) bond motifs is 4. The van der Waals surface area contributed by atoms with E-state index in [0.717, 1.165) is 26.2 Å². The van der Waals surface area contributed by atoms with Gasteiger partial charge in [0.25, 0.3) is 0 Å². The molecule has 6 fully saturated rings. The summed E-state index contributed by atoms with van der Waals surface area (Å²) in [4.78, 5) is 23.1. The van der Waals surface area contributed by atoms with Crippen LogP contribution in [0.1, 0.15) is 54.4 Å². The third-order valence-electron chi connectivity index (χ3n) is 6.24. The van der Waals surface area contributed by atoms with Crippen LogP contribution in [0, 0.1) is 23.7 Å². The smallest absolute Gasteiger partial charge is 0.407 e. The summed E-state index contributed by atoms with van der Waals surface area (Å²) in [7, 11) is 0. The molecule has 2 amide bonds. The zero-order valence-electron chi connectivity index (χ0n) is 19.3. The average Bonchev–Trinajstić information content (AvgIpc) is 2.63. The fourth-order valence-electron chi connectivity index (χ4n) is 4.85. The van der Waals surface area contributed by atoms with Crippen molar-refractivity contribution in [2.45, 2.75) is 77.7 Å². The Bertz CT molecular complexity index is 546. The molecule has 4 N–H and O–H groups in total. The largest absolute Gasteiger partial charge is 0.444 e. The lowest BCUT2D eigenvalue weighted by Crippen LogP contribution is -2.63. The Morgan fingerprint density at radius 1 is 0.667 bits per heavy atom. The van der Waals surface area contributed by atoms with E-state index in [0.29, 0.717) is 35.8 Å². The minimum atomic E-state index is -0.402. The summed E-state index contributed by atoms with van der Waals surface area (Å²) < 4.78 is 10.5. The number of alkyl carbamates (subject to hydrolysis) is 2. The maximum absolute atomic E-state index is 11.5. The monoisotopic (exact) mass is 424 g/mol. The van der Waals surface area contributed by atoms with Crippen molar-refractivity contribution in [1.29, 1.82) is 0 Å². The van der Waals surface area contributed by atoms with Crippen LogP contribution in [0.3, 0.4) is 0 Å². The molecule has 8 nitrogen and oxygen atoms in total. The molecule has 2 unspecified atom stereocenters. The van der Waals surface area contributed by atoms with Gasteiger partial charge < -0.3 is 30.7 Å². The summed E-state index contributed by atoms with van der Waals surface area (Å²) in [6.45, 7) is 15.4. The Kier molecular flexibility index (Phi) is 6.87. The van der Waals surface area contributed by atoms with E-state index >= 15 is 0 Å². The highest BCUT2D eigenvalue weighted by atomic mass is 16.6. The van der Waals surface area contributed by atoms with Gasteiger partial charge in [0.15, 0.2) is 0 Å². The van der Waals surface area contributed by atoms with E-state index in [9.17, 15) is 9.59 Å². The minimum absolute atomic E-state index is 0.274. The highest BCUT2D eigenvalue weighted by Crippen LogP contribution is 2.37. The first-order valence-corrected chi connectivity index (χ1v) is 11.3. The third-order valence-corrected chi connectivity index (χ3v) is 6.24. The van der Waals surface area contributed by atoms with Crippen LogP contribution in [0.5, 0.6) is 0 Å². The highest BCUT2D eigenvalue weighted by Gasteiger charge is 2.45. The number of carbonyl (C=O) groups is 2. The lowest BCUT2D eigenvalue weighted by atomic mass is 9.67. The van der Waals surface area contributed by atoms with Gasteiger partial charge in [-0.2, -0.15) is 0 Å². The Morgan fingerprint density at radius 3 is 1.20 bits per heavy atom. The van der Waals surface area contributed by atoms with Crippen LogP contribution < -0.4 is 21.3 Å². The van der Waals surface area contributed by atoms with E-state index in [2.05, 4.69) is 21.3 Å². The zero-order valence-corrected chi connectivity index (χ0v) is 19.3. The van der Waals surface area contributed by atoms with Gasteiger partial charge >= 0.3 is 12.2 Å². The van der Waals surface area contributed by atoms with Crippen LogP contribution in [0.25, 0.3) is 0 Å². The van der Waals surface area contributed by atoms with Crippen molar-refractivity contribution < 1.29 is 19.1 Å². The zero-order chi connectivity index (χ0) is 22.1. The van der Waals surface area contributed by atoms with Gasteiger partial charge in [0.1, 0.15) is 11.2 Å². The molecule has 2 saturated carbocycles. The Balaban J connectivity index is 0.000000171. The van der Waals surface area contributed by atoms with Crippen molar-refractivity contribution in [2.75, 3.05) is 26.2 Å². The summed E-state index contributed by atoms with van der Waals surface area (Å²) in [6.07, 6.45) is 1.94. The summed E-state index contributed by atoms with van der Waals surface area (Å²) >= 11 is 0. The molecule has 172 valence electrons. The molecule has 0 aromatic carbocycles. The molecule has 0 spiro atoms. The van der Waals surface area contributed by atoms with Crippen molar-refractivity contribution in [2.24, 2.45) is 23.7 Å². The van der Waals surface area contributed by atoms with Gasteiger partial charge in [0.05, 0.1) is 0 Å². The maximum Gasteiger partial charge on any atom is 0.407 e. The van der Waals surface area contributed by atoms with Gasteiger partial charge in [0.2, 0.25) is 0 Å². The first-order valence-electron chi connectivity index (χ1n) is 11.3. The average molecular weight is 425 g/mol. The molecular weight excluding hydrogens is 384 g/mol. The van der Waals surface area contributed by atoms with E-state index in [1.165, 1.54) is 12.8 Å². The number of ether oxygens (including phenoxy) is 2. The van der Waals surface area contributed by atoms with Crippen LogP contribution >= 0.6 is 0 Å². The van der Waals surface area contributed by atoms with Gasteiger partial charge in [0, 0.05) is 12.1 Å². The normalized spacial score (nSPS) is 34.2. The van der Waals surface area contributed by atoms with Crippen LogP contribution in [0.4, 0.5) is 9.59 Å². The SMILES string of the molecule is CC(C)(C)OC(=O)NC1[C@@H]2CNC[C@H]1C2.CC(C)(C)OC(=O)NC1[C@@H]2CNC[C@H]1C2. The second-order valence-electron chi connectivity index (χ2n) is 11.2. The summed E-state index contributed by atoms with van der Waals surface area (Å²) in [5.74, 6) is 2.43. The summed E-state index contributed by atoms with van der Waals surface area (Å²) in [5.41, 5.74) is -0.803. The molecule has 6 atom stereocenters. The molecule has 0 aromatic rings. The van der Waals surface area contributed by atoms with Gasteiger partial charge in [-0.25, -0.2) is 9.59 Å². The second kappa shape index (κ2) is 8.91. The maximum atomic E-state index is 11.5. The van der Waals surface area contributed by atoms with Crippen molar-refractivity contribution >= 4 is 12.2 Å². The van der Waals surface area contributed by atoms with Crippen molar-refractivity contribution in [3.05, 3.63) is 0 Å². The van der Waals surface area contributed by atoms with Crippen LogP contribution in [-0.4, -0.2) is 61.7 Å². The molecule has 4 saturated heterocycles. The first-order chi connectivity index (χ1) is 13.9. The molecule has 6 aliphatic rings. The van der Waals surface area contributed by atoms with Crippen LogP contribution in [0.15, 0.2) is 0 Å². The third kappa shape index (κ3) is 6.23. The van der Waals surface area contributed by atoms with E-state index in [4.69, 9.17) is 9.47 Å². The fourth-order valence-corrected chi connectivity index (χ4v) is 4.85. The molecule has 2 aliphatic carbocycles. The molecule has 4 aliphatic heterocycles. The van der Waals surface area contributed by atoms with Gasteiger partial charge in [-0.3, -0.25) is 0 Å². The molecule has 4 heterocycles. The minimum Gasteiger partial charge on any atom is -0.444 e. The van der Waals surface area contributed by atoms with Gasteiger partial charge in [-0.05, 0) is 104 Å². The molecule has 30 heavy (non-hydrogen) atoms. The number of rotatable bonds is 2. The summed E-state index contributed by atoms with van der Waals surface area (Å²) in [6, 6.07) is 0.669. The predicted molar refractivity (Wildman–Crippen MR) is 115 cm³/mol. The second-order valence-corrected chi connectivity index (χ2v) is 11.2. The number of hydrogen-bond acceptors (Lipinski definition) is 6. The number of piperidine rings is 4. The molecule has 0 radical (unpaired) electrons. The first kappa shape index (κ1) is 23.1. The fraction of sp³-hybridized carbons (Fsp3) is 0.909. The van der Waals surface area contributed by atoms with Crippen molar-refractivity contribution in [1.82, 2.24) is 21.3 Å². The van der Waals surface area contributed by atoms with E-state index in [1.807, 2.05) is 41.5 Å². The standard InChI is InChI=1S/2C11H20N2O2/c2*1-11(2,3)15-10(14)13-9-7-4-8(9)6-12-5-7/h2*7-9,12H,4-6H2,1-3H3,(H,13,14)/t2*7-,8+,9?. The highest BCUT2D eigenvalue weighted by molar-refractivity contribution is 5.68. The molecular formula is C22H40N4O4. The van der Waals surface area contributed by atoms with Crippen LogP contribution in [0.2, 0.25) is 0 Å². The lowest BCUT2D eigenvalue weighted by Gasteiger charge is -2.49. The number of nitrogens with one attached hydrogen (secondary N) is 4. The Hall–Kier alpha value is -1.54. The van der Waals surface area contributed by atoms with E-state index in [1.54, 1.807) is 0 Å². The summed E-state index contributed by atoms with van der Waals surface area (Å²) in [5, 5.41) is 12.6. The van der Waals surface area contributed by atoms with Gasteiger partial charge in [-0.15, -0.1) is 0 Å². The lowest BCUT2D eigenvalue weighted by molar-refractivity contribution is 0.0228. The van der Waals surface area contributed by atoms with Crippen LogP contribution in [-0.2, 0) is 9.47 Å². The predicted octanol–water partition coefficient (Wildman–Crippen LogP) is 2.24. The van der Waals surface area contributed by atoms with Gasteiger partial charge in [-0.1, -0.05) is 0 Å². The van der Waals surface area contributed by atoms with Crippen molar-refractivity contribution in [3.63, 3.8) is 0 Å². The topological polar surface area (TPSA) is 101 Å².